The Hall–Kier alpha value is -3.21. The first-order chi connectivity index (χ1) is 14.5. The van der Waals surface area contributed by atoms with Gasteiger partial charge in [0.25, 0.3) is 5.91 Å². The van der Waals surface area contributed by atoms with E-state index in [9.17, 15) is 19.1 Å². The van der Waals surface area contributed by atoms with Crippen LogP contribution in [0.15, 0.2) is 45.7 Å². The highest BCUT2D eigenvalue weighted by Crippen LogP contribution is 2.37. The fourth-order valence-corrected chi connectivity index (χ4v) is 3.94. The number of aliphatic hydroxyl groups is 1. The number of nitrogens with one attached hydrogen (secondary N) is 1. The Morgan fingerprint density at radius 2 is 2.00 bits per heavy atom. The lowest BCUT2D eigenvalue weighted by molar-refractivity contribution is -0.130. The zero-order valence-corrected chi connectivity index (χ0v) is 17.9. The summed E-state index contributed by atoms with van der Waals surface area (Å²) < 4.78 is 18.1. The van der Waals surface area contributed by atoms with Crippen molar-refractivity contribution < 1.29 is 18.8 Å². The van der Waals surface area contributed by atoms with Gasteiger partial charge in [-0.2, -0.15) is 0 Å². The van der Waals surface area contributed by atoms with Crippen molar-refractivity contribution in [2.24, 2.45) is 0 Å². The number of anilines is 1. The predicted octanol–water partition coefficient (Wildman–Crippen LogP) is 3.96. The lowest BCUT2D eigenvalue weighted by atomic mass is 9.75. The maximum atomic E-state index is 13.4. The third kappa shape index (κ3) is 4.46. The Bertz CT molecular complexity index is 1280. The van der Waals surface area contributed by atoms with Gasteiger partial charge in [-0.05, 0) is 48.2 Å². The molecule has 0 aliphatic carbocycles. The van der Waals surface area contributed by atoms with Crippen molar-refractivity contribution in [1.82, 2.24) is 5.16 Å². The van der Waals surface area contributed by atoms with E-state index in [1.807, 2.05) is 0 Å². The Morgan fingerprint density at radius 3 is 2.65 bits per heavy atom. The van der Waals surface area contributed by atoms with Crippen LogP contribution in [0.2, 0.25) is 5.02 Å². The number of hydrogen-bond acceptors (Lipinski definition) is 5. The maximum absolute atomic E-state index is 13.4. The number of carbonyl (C=O) groups excluding carboxylic acids is 1. The minimum Gasteiger partial charge on any atom is -0.369 e. The molecule has 160 valence electrons. The average Bonchev–Trinajstić information content (AvgIpc) is 2.70. The predicted molar refractivity (Wildman–Crippen MR) is 116 cm³/mol. The van der Waals surface area contributed by atoms with Crippen LogP contribution in [0, 0.1) is 25.1 Å². The lowest BCUT2D eigenvalue weighted by Crippen LogP contribution is -2.46. The molecule has 0 saturated heterocycles. The van der Waals surface area contributed by atoms with E-state index in [4.69, 9.17) is 18.0 Å². The number of fused-ring (bicyclic) bond motifs is 1. The Balaban J connectivity index is 1.90. The summed E-state index contributed by atoms with van der Waals surface area (Å²) in [7, 11) is 0. The second kappa shape index (κ2) is 8.14. The molecule has 3 aromatic rings. The number of aryl methyl sites for hydroxylation is 1. The summed E-state index contributed by atoms with van der Waals surface area (Å²) in [5, 5.41) is 18.2. The second-order valence-electron chi connectivity index (χ2n) is 7.96. The SMILES string of the molecule is C#CC(O)(CC(C)(C)c1ccc(F)cc1Cl)C(=O)Nc1ccc2c(=O)onc(C)c2c1. The molecule has 0 aliphatic rings. The molecule has 1 aromatic heterocycles. The number of terminal acetylenes is 1. The molecular formula is C23H20ClFN2O4. The number of hydrogen-bond donors (Lipinski definition) is 2. The quantitative estimate of drug-likeness (QED) is 0.583. The molecule has 2 aromatic carbocycles. The first kappa shape index (κ1) is 22.5. The minimum atomic E-state index is -2.18. The summed E-state index contributed by atoms with van der Waals surface area (Å²) in [6.07, 6.45) is 5.35. The van der Waals surface area contributed by atoms with Gasteiger partial charge in [0.15, 0.2) is 0 Å². The van der Waals surface area contributed by atoms with Gasteiger partial charge in [-0.3, -0.25) is 4.79 Å². The van der Waals surface area contributed by atoms with Crippen molar-refractivity contribution in [3.05, 3.63) is 68.9 Å². The van der Waals surface area contributed by atoms with Crippen LogP contribution in [0.4, 0.5) is 10.1 Å². The Kier molecular flexibility index (Phi) is 5.90. The van der Waals surface area contributed by atoms with E-state index in [1.165, 1.54) is 24.3 Å². The van der Waals surface area contributed by atoms with E-state index in [2.05, 4.69) is 20.9 Å². The zero-order valence-electron chi connectivity index (χ0n) is 17.1. The molecule has 0 saturated carbocycles. The van der Waals surface area contributed by atoms with E-state index in [1.54, 1.807) is 26.8 Å². The van der Waals surface area contributed by atoms with Gasteiger partial charge in [0.05, 0.1) is 11.1 Å². The summed E-state index contributed by atoms with van der Waals surface area (Å²) in [5.41, 5.74) is -2.32. The molecule has 1 heterocycles. The van der Waals surface area contributed by atoms with Crippen LogP contribution in [-0.2, 0) is 10.2 Å². The average molecular weight is 443 g/mol. The van der Waals surface area contributed by atoms with Gasteiger partial charge in [-0.15, -0.1) is 6.42 Å². The van der Waals surface area contributed by atoms with Crippen LogP contribution in [-0.4, -0.2) is 21.8 Å². The van der Waals surface area contributed by atoms with Crippen molar-refractivity contribution in [1.29, 1.82) is 0 Å². The highest BCUT2D eigenvalue weighted by molar-refractivity contribution is 6.31. The van der Waals surface area contributed by atoms with Crippen molar-refractivity contribution in [2.45, 2.75) is 38.2 Å². The molecule has 0 bridgehead atoms. The fraction of sp³-hybridized carbons (Fsp3) is 0.261. The molecule has 0 aliphatic heterocycles. The highest BCUT2D eigenvalue weighted by Gasteiger charge is 2.41. The van der Waals surface area contributed by atoms with Gasteiger partial charge in [0.1, 0.15) is 5.82 Å². The van der Waals surface area contributed by atoms with Gasteiger partial charge in [-0.1, -0.05) is 42.6 Å². The van der Waals surface area contributed by atoms with Crippen LogP contribution in [0.5, 0.6) is 0 Å². The molecule has 0 spiro atoms. The first-order valence-electron chi connectivity index (χ1n) is 9.34. The molecule has 0 fully saturated rings. The van der Waals surface area contributed by atoms with E-state index in [0.717, 1.165) is 6.07 Å². The van der Waals surface area contributed by atoms with Crippen molar-refractivity contribution in [2.75, 3.05) is 5.32 Å². The number of carbonyl (C=O) groups is 1. The molecule has 8 heteroatoms. The maximum Gasteiger partial charge on any atom is 0.366 e. The number of halogens is 2. The van der Waals surface area contributed by atoms with Crippen LogP contribution in [0.1, 0.15) is 31.5 Å². The van der Waals surface area contributed by atoms with E-state index in [0.29, 0.717) is 27.7 Å². The van der Waals surface area contributed by atoms with Crippen molar-refractivity contribution >= 4 is 34.0 Å². The van der Waals surface area contributed by atoms with Crippen molar-refractivity contribution in [3.8, 4) is 12.3 Å². The van der Waals surface area contributed by atoms with Crippen LogP contribution >= 0.6 is 11.6 Å². The van der Waals surface area contributed by atoms with Crippen LogP contribution in [0.25, 0.3) is 10.8 Å². The van der Waals surface area contributed by atoms with Crippen molar-refractivity contribution in [3.63, 3.8) is 0 Å². The van der Waals surface area contributed by atoms with Gasteiger partial charge in [0, 0.05) is 22.5 Å². The molecule has 3 rings (SSSR count). The molecule has 6 nitrogen and oxygen atoms in total. The Morgan fingerprint density at radius 1 is 1.29 bits per heavy atom. The number of aromatic nitrogens is 1. The number of nitrogens with zero attached hydrogens (tertiary/aromatic N) is 1. The third-order valence-corrected chi connectivity index (χ3v) is 5.44. The van der Waals surface area contributed by atoms with Gasteiger partial charge < -0.3 is 14.9 Å². The van der Waals surface area contributed by atoms with Gasteiger partial charge in [0.2, 0.25) is 5.60 Å². The Labute approximate surface area is 183 Å². The van der Waals surface area contributed by atoms with E-state index < -0.39 is 28.4 Å². The summed E-state index contributed by atoms with van der Waals surface area (Å²) in [6.45, 7) is 5.14. The summed E-state index contributed by atoms with van der Waals surface area (Å²) in [6, 6.07) is 8.44. The number of benzene rings is 2. The molecule has 0 radical (unpaired) electrons. The summed E-state index contributed by atoms with van der Waals surface area (Å²) >= 11 is 6.17. The number of rotatable bonds is 5. The summed E-state index contributed by atoms with van der Waals surface area (Å²) in [4.78, 5) is 24.7. The van der Waals surface area contributed by atoms with Gasteiger partial charge in [-0.25, -0.2) is 9.18 Å². The highest BCUT2D eigenvalue weighted by atomic mass is 35.5. The standard InChI is InChI=1S/C23H20ClFN2O4/c1-5-23(30,12-22(3,4)18-9-6-14(25)10-19(18)24)21(29)26-15-7-8-16-17(11-15)13(2)27-31-20(16)28/h1,6-11,30H,12H2,2-4H3,(H,26,29). The third-order valence-electron chi connectivity index (χ3n) is 5.13. The topological polar surface area (TPSA) is 92.4 Å². The van der Waals surface area contributed by atoms with Crippen LogP contribution < -0.4 is 10.9 Å². The molecule has 2 N–H and O–H groups in total. The summed E-state index contributed by atoms with van der Waals surface area (Å²) in [5.74, 6) is 0.841. The number of amides is 1. The normalized spacial score (nSPS) is 13.5. The smallest absolute Gasteiger partial charge is 0.366 e. The molecule has 1 amide bonds. The minimum absolute atomic E-state index is 0.168. The monoisotopic (exact) mass is 442 g/mol. The fourth-order valence-electron chi connectivity index (χ4n) is 3.51. The molecular weight excluding hydrogens is 423 g/mol. The zero-order chi connectivity index (χ0) is 23.0. The van der Waals surface area contributed by atoms with E-state index in [-0.39, 0.29) is 11.4 Å². The first-order valence-corrected chi connectivity index (χ1v) is 9.72. The largest absolute Gasteiger partial charge is 0.369 e. The second-order valence-corrected chi connectivity index (χ2v) is 8.37. The molecule has 31 heavy (non-hydrogen) atoms. The molecule has 1 atom stereocenters. The molecule has 1 unspecified atom stereocenters. The van der Waals surface area contributed by atoms with Crippen LogP contribution in [0.3, 0.4) is 0 Å². The van der Waals surface area contributed by atoms with E-state index >= 15 is 0 Å². The lowest BCUT2D eigenvalue weighted by Gasteiger charge is -2.33. The van der Waals surface area contributed by atoms with Gasteiger partial charge >= 0.3 is 5.63 Å².